The van der Waals surface area contributed by atoms with E-state index in [2.05, 4.69) is 19.7 Å². The van der Waals surface area contributed by atoms with Crippen molar-refractivity contribution in [1.29, 1.82) is 0 Å². The number of furan rings is 1. The number of Topliss-reactive ketones (excluding diaryl/α,β-unsaturated/α-hetero) is 1. The van der Waals surface area contributed by atoms with Gasteiger partial charge in [-0.1, -0.05) is 11.8 Å². The van der Waals surface area contributed by atoms with Crippen molar-refractivity contribution < 1.29 is 9.21 Å². The summed E-state index contributed by atoms with van der Waals surface area (Å²) in [7, 11) is 1.91. The summed E-state index contributed by atoms with van der Waals surface area (Å²) in [5.74, 6) is 1.68. The van der Waals surface area contributed by atoms with Crippen molar-refractivity contribution in [3.05, 3.63) is 71.7 Å². The van der Waals surface area contributed by atoms with Crippen LogP contribution < -0.4 is 0 Å². The molecule has 0 aliphatic carbocycles. The zero-order valence-corrected chi connectivity index (χ0v) is 18.2. The molecule has 1 atom stereocenters. The number of carbonyl (C=O) groups is 1. The molecule has 0 bridgehead atoms. The standard InChI is InChI=1S/C22H23N5O2S/c1-14-12-19(15(2)27(14)13-18-6-5-11-29-18)20(28)16(3)30-22-25-24-21(26(22)4)17-7-9-23-10-8-17/h5-12,16H,13H2,1-4H3/t16-/m1/s1. The summed E-state index contributed by atoms with van der Waals surface area (Å²) >= 11 is 1.41. The van der Waals surface area contributed by atoms with Crippen LogP contribution in [-0.2, 0) is 13.6 Å². The van der Waals surface area contributed by atoms with Gasteiger partial charge in [-0.15, -0.1) is 10.2 Å². The summed E-state index contributed by atoms with van der Waals surface area (Å²) < 4.78 is 9.48. The Hall–Kier alpha value is -3.13. The Kier molecular flexibility index (Phi) is 5.59. The van der Waals surface area contributed by atoms with E-state index in [-0.39, 0.29) is 11.0 Å². The van der Waals surface area contributed by atoms with Gasteiger partial charge >= 0.3 is 0 Å². The number of pyridine rings is 1. The van der Waals surface area contributed by atoms with Crippen LogP contribution in [0.2, 0.25) is 0 Å². The second-order valence-electron chi connectivity index (χ2n) is 7.18. The molecular formula is C22H23N5O2S. The Morgan fingerprint density at radius 3 is 2.67 bits per heavy atom. The number of nitrogens with zero attached hydrogens (tertiary/aromatic N) is 5. The minimum absolute atomic E-state index is 0.0762. The van der Waals surface area contributed by atoms with Crippen molar-refractivity contribution in [1.82, 2.24) is 24.3 Å². The Bertz CT molecular complexity index is 1160. The number of rotatable bonds is 7. The molecule has 7 nitrogen and oxygen atoms in total. The second-order valence-corrected chi connectivity index (χ2v) is 8.48. The lowest BCUT2D eigenvalue weighted by atomic mass is 10.1. The van der Waals surface area contributed by atoms with Crippen molar-refractivity contribution in [3.63, 3.8) is 0 Å². The molecule has 0 amide bonds. The summed E-state index contributed by atoms with van der Waals surface area (Å²) in [6, 6.07) is 9.54. The average Bonchev–Trinajstić information content (AvgIpc) is 3.45. The Morgan fingerprint density at radius 1 is 1.20 bits per heavy atom. The Morgan fingerprint density at radius 2 is 1.97 bits per heavy atom. The first-order valence-electron chi connectivity index (χ1n) is 9.65. The molecule has 4 aromatic heterocycles. The predicted molar refractivity (Wildman–Crippen MR) is 116 cm³/mol. The van der Waals surface area contributed by atoms with Gasteiger partial charge in [-0.25, -0.2) is 0 Å². The molecule has 0 N–H and O–H groups in total. The van der Waals surface area contributed by atoms with Crippen molar-refractivity contribution >= 4 is 17.5 Å². The number of ketones is 1. The van der Waals surface area contributed by atoms with Gasteiger partial charge in [-0.2, -0.15) is 0 Å². The lowest BCUT2D eigenvalue weighted by Crippen LogP contribution is -2.15. The first kappa shape index (κ1) is 20.2. The molecule has 30 heavy (non-hydrogen) atoms. The highest BCUT2D eigenvalue weighted by Gasteiger charge is 2.24. The van der Waals surface area contributed by atoms with E-state index in [1.807, 2.05) is 62.7 Å². The van der Waals surface area contributed by atoms with Gasteiger partial charge in [-0.05, 0) is 51.1 Å². The van der Waals surface area contributed by atoms with E-state index in [1.54, 1.807) is 18.7 Å². The molecule has 0 saturated carbocycles. The van der Waals surface area contributed by atoms with Crippen LogP contribution in [0.3, 0.4) is 0 Å². The quantitative estimate of drug-likeness (QED) is 0.327. The van der Waals surface area contributed by atoms with Gasteiger partial charge < -0.3 is 13.6 Å². The molecule has 0 spiro atoms. The number of hydrogen-bond donors (Lipinski definition) is 0. The van der Waals surface area contributed by atoms with Gasteiger partial charge in [0, 0.05) is 42.0 Å². The van der Waals surface area contributed by atoms with Crippen LogP contribution in [0.5, 0.6) is 0 Å². The molecule has 154 valence electrons. The SMILES string of the molecule is Cc1cc(C(=O)[C@@H](C)Sc2nnc(-c3ccncc3)n2C)c(C)n1Cc1ccco1. The molecule has 4 rings (SSSR count). The van der Waals surface area contributed by atoms with E-state index in [9.17, 15) is 4.79 Å². The number of carbonyl (C=O) groups excluding carboxylic acids is 1. The van der Waals surface area contributed by atoms with Crippen molar-refractivity contribution in [3.8, 4) is 11.4 Å². The molecule has 0 aromatic carbocycles. The number of aryl methyl sites for hydroxylation is 1. The minimum Gasteiger partial charge on any atom is -0.467 e. The van der Waals surface area contributed by atoms with Gasteiger partial charge in [-0.3, -0.25) is 9.78 Å². The van der Waals surface area contributed by atoms with Gasteiger partial charge in [0.05, 0.1) is 18.1 Å². The summed E-state index contributed by atoms with van der Waals surface area (Å²) in [6.07, 6.45) is 5.11. The minimum atomic E-state index is -0.296. The highest BCUT2D eigenvalue weighted by molar-refractivity contribution is 8.00. The van der Waals surface area contributed by atoms with Crippen LogP contribution in [-0.4, -0.2) is 35.3 Å². The summed E-state index contributed by atoms with van der Waals surface area (Å²) in [4.78, 5) is 17.2. The van der Waals surface area contributed by atoms with Crippen LogP contribution in [0.25, 0.3) is 11.4 Å². The third-order valence-electron chi connectivity index (χ3n) is 5.16. The lowest BCUT2D eigenvalue weighted by molar-refractivity contribution is 0.0993. The maximum Gasteiger partial charge on any atom is 0.191 e. The number of thioether (sulfide) groups is 1. The molecule has 4 aromatic rings. The van der Waals surface area contributed by atoms with E-state index >= 15 is 0 Å². The van der Waals surface area contributed by atoms with Crippen LogP contribution >= 0.6 is 11.8 Å². The highest BCUT2D eigenvalue weighted by Crippen LogP contribution is 2.29. The zero-order valence-electron chi connectivity index (χ0n) is 17.4. The van der Waals surface area contributed by atoms with Gasteiger partial charge in [0.2, 0.25) is 0 Å². The van der Waals surface area contributed by atoms with E-state index in [0.29, 0.717) is 11.7 Å². The molecule has 0 aliphatic heterocycles. The van der Waals surface area contributed by atoms with Gasteiger partial charge in [0.1, 0.15) is 5.76 Å². The van der Waals surface area contributed by atoms with Gasteiger partial charge in [0.15, 0.2) is 16.8 Å². The molecular weight excluding hydrogens is 398 g/mol. The fraction of sp³-hybridized carbons (Fsp3) is 0.273. The largest absolute Gasteiger partial charge is 0.467 e. The number of hydrogen-bond acceptors (Lipinski definition) is 6. The fourth-order valence-corrected chi connectivity index (χ4v) is 4.34. The lowest BCUT2D eigenvalue weighted by Gasteiger charge is -2.11. The maximum absolute atomic E-state index is 13.2. The van der Waals surface area contributed by atoms with E-state index in [0.717, 1.165) is 34.1 Å². The van der Waals surface area contributed by atoms with E-state index in [4.69, 9.17) is 4.42 Å². The van der Waals surface area contributed by atoms with E-state index in [1.165, 1.54) is 11.8 Å². The van der Waals surface area contributed by atoms with Crippen LogP contribution in [0.4, 0.5) is 0 Å². The summed E-state index contributed by atoms with van der Waals surface area (Å²) in [5.41, 5.74) is 3.64. The Labute approximate surface area is 179 Å². The molecule has 0 unspecified atom stereocenters. The third-order valence-corrected chi connectivity index (χ3v) is 6.29. The van der Waals surface area contributed by atoms with E-state index < -0.39 is 0 Å². The van der Waals surface area contributed by atoms with Crippen molar-refractivity contribution in [2.75, 3.05) is 0 Å². The second kappa shape index (κ2) is 8.31. The topological polar surface area (TPSA) is 78.7 Å². The van der Waals surface area contributed by atoms with Crippen LogP contribution in [0, 0.1) is 13.8 Å². The third kappa shape index (κ3) is 3.82. The maximum atomic E-state index is 13.2. The zero-order chi connectivity index (χ0) is 21.3. The monoisotopic (exact) mass is 421 g/mol. The fourth-order valence-electron chi connectivity index (χ4n) is 3.45. The normalized spacial score (nSPS) is 12.3. The van der Waals surface area contributed by atoms with Crippen LogP contribution in [0.1, 0.15) is 34.4 Å². The molecule has 0 fully saturated rings. The van der Waals surface area contributed by atoms with Gasteiger partial charge in [0.25, 0.3) is 0 Å². The van der Waals surface area contributed by atoms with Crippen LogP contribution in [0.15, 0.2) is 58.6 Å². The molecule has 4 heterocycles. The first-order valence-corrected chi connectivity index (χ1v) is 10.5. The predicted octanol–water partition coefficient (Wildman–Crippen LogP) is 4.30. The highest BCUT2D eigenvalue weighted by atomic mass is 32.2. The smallest absolute Gasteiger partial charge is 0.191 e. The first-order chi connectivity index (χ1) is 14.5. The molecule has 0 aliphatic rings. The Balaban J connectivity index is 1.53. The molecule has 8 heteroatoms. The number of aromatic nitrogens is 5. The van der Waals surface area contributed by atoms with Crippen molar-refractivity contribution in [2.24, 2.45) is 7.05 Å². The summed E-state index contributed by atoms with van der Waals surface area (Å²) in [6.45, 7) is 6.50. The molecule has 0 radical (unpaired) electrons. The summed E-state index contributed by atoms with van der Waals surface area (Å²) in [5, 5.41) is 8.98. The molecule has 0 saturated heterocycles. The van der Waals surface area contributed by atoms with Crippen molar-refractivity contribution in [2.45, 2.75) is 37.7 Å². The average molecular weight is 422 g/mol.